The lowest BCUT2D eigenvalue weighted by molar-refractivity contribution is 0.0992. The maximum atomic E-state index is 13.3. The number of nitrogens with one attached hydrogen (secondary N) is 1. The Labute approximate surface area is 141 Å². The van der Waals surface area contributed by atoms with E-state index in [-0.39, 0.29) is 11.8 Å². The summed E-state index contributed by atoms with van der Waals surface area (Å²) in [6.07, 6.45) is 1.80. The Hall–Kier alpha value is -2.27. The van der Waals surface area contributed by atoms with E-state index in [0.29, 0.717) is 37.4 Å². The second kappa shape index (κ2) is 7.53. The van der Waals surface area contributed by atoms with Gasteiger partial charge in [-0.3, -0.25) is 4.79 Å². The minimum absolute atomic E-state index is 0.0165. The molecule has 1 aliphatic rings. The Balaban J connectivity index is 1.57. The molecule has 0 saturated carbocycles. The van der Waals surface area contributed by atoms with E-state index in [1.165, 1.54) is 0 Å². The SMILES string of the molecule is CCOc1ccc(C(=O)Cc2ccc(C[C@H]3NC[C@H]3F)cc2)cn1. The number of halogens is 1. The van der Waals surface area contributed by atoms with Crippen molar-refractivity contribution in [3.8, 4) is 5.88 Å². The smallest absolute Gasteiger partial charge is 0.213 e. The van der Waals surface area contributed by atoms with Gasteiger partial charge in [-0.15, -0.1) is 0 Å². The van der Waals surface area contributed by atoms with Crippen molar-refractivity contribution in [2.24, 2.45) is 0 Å². The summed E-state index contributed by atoms with van der Waals surface area (Å²) >= 11 is 0. The molecule has 1 saturated heterocycles. The predicted octanol–water partition coefficient (Wildman–Crippen LogP) is 2.76. The molecular weight excluding hydrogens is 307 g/mol. The van der Waals surface area contributed by atoms with Crippen molar-refractivity contribution >= 4 is 5.78 Å². The molecule has 0 amide bonds. The highest BCUT2D eigenvalue weighted by atomic mass is 19.1. The number of hydrogen-bond acceptors (Lipinski definition) is 4. The van der Waals surface area contributed by atoms with E-state index in [4.69, 9.17) is 4.74 Å². The zero-order valence-electron chi connectivity index (χ0n) is 13.7. The highest BCUT2D eigenvalue weighted by molar-refractivity contribution is 5.97. The number of ketones is 1. The van der Waals surface area contributed by atoms with Crippen LogP contribution in [0.3, 0.4) is 0 Å². The van der Waals surface area contributed by atoms with Crippen molar-refractivity contribution in [3.05, 3.63) is 59.3 Å². The summed E-state index contributed by atoms with van der Waals surface area (Å²) in [5, 5.41) is 3.08. The molecule has 2 heterocycles. The molecule has 1 fully saturated rings. The predicted molar refractivity (Wildman–Crippen MR) is 90.3 cm³/mol. The minimum atomic E-state index is -0.751. The quantitative estimate of drug-likeness (QED) is 0.794. The number of benzene rings is 1. The van der Waals surface area contributed by atoms with Crippen LogP contribution in [-0.2, 0) is 12.8 Å². The Bertz CT molecular complexity index is 686. The Morgan fingerprint density at radius 1 is 1.25 bits per heavy atom. The van der Waals surface area contributed by atoms with Gasteiger partial charge in [-0.25, -0.2) is 9.37 Å². The van der Waals surface area contributed by atoms with Crippen molar-refractivity contribution in [2.75, 3.05) is 13.2 Å². The Kier molecular flexibility index (Phi) is 5.20. The molecule has 126 valence electrons. The van der Waals surface area contributed by atoms with Crippen LogP contribution in [0.4, 0.5) is 4.39 Å². The summed E-state index contributed by atoms with van der Waals surface area (Å²) in [5.74, 6) is 0.539. The lowest BCUT2D eigenvalue weighted by atomic mass is 9.95. The molecule has 0 radical (unpaired) electrons. The fourth-order valence-electron chi connectivity index (χ4n) is 2.69. The highest BCUT2D eigenvalue weighted by Gasteiger charge is 2.29. The number of ether oxygens (including phenoxy) is 1. The van der Waals surface area contributed by atoms with Crippen LogP contribution in [0.5, 0.6) is 5.88 Å². The van der Waals surface area contributed by atoms with Gasteiger partial charge in [0.1, 0.15) is 6.17 Å². The molecule has 0 bridgehead atoms. The number of aromatic nitrogens is 1. The van der Waals surface area contributed by atoms with E-state index < -0.39 is 6.17 Å². The van der Waals surface area contributed by atoms with E-state index in [0.717, 1.165) is 11.1 Å². The molecule has 2 atom stereocenters. The first-order chi connectivity index (χ1) is 11.7. The molecule has 1 N–H and O–H groups in total. The van der Waals surface area contributed by atoms with Gasteiger partial charge in [0, 0.05) is 36.8 Å². The number of pyridine rings is 1. The van der Waals surface area contributed by atoms with Crippen LogP contribution in [0.25, 0.3) is 0 Å². The van der Waals surface area contributed by atoms with Crippen LogP contribution in [0.1, 0.15) is 28.4 Å². The van der Waals surface area contributed by atoms with Crippen molar-refractivity contribution < 1.29 is 13.9 Å². The lowest BCUT2D eigenvalue weighted by Gasteiger charge is -2.32. The van der Waals surface area contributed by atoms with Crippen molar-refractivity contribution in [1.82, 2.24) is 10.3 Å². The molecule has 0 spiro atoms. The summed E-state index contributed by atoms with van der Waals surface area (Å²) in [7, 11) is 0. The minimum Gasteiger partial charge on any atom is -0.478 e. The van der Waals surface area contributed by atoms with E-state index >= 15 is 0 Å². The third kappa shape index (κ3) is 3.97. The van der Waals surface area contributed by atoms with Gasteiger partial charge in [-0.1, -0.05) is 24.3 Å². The second-order valence-corrected chi connectivity index (χ2v) is 5.97. The number of hydrogen-bond donors (Lipinski definition) is 1. The first-order valence-corrected chi connectivity index (χ1v) is 8.23. The number of carbonyl (C=O) groups excluding carboxylic acids is 1. The number of nitrogens with zero attached hydrogens (tertiary/aromatic N) is 1. The standard InChI is InChI=1S/C19H21FN2O2/c1-2-24-19-8-7-15(11-22-19)18(23)10-14-5-3-13(4-6-14)9-17-16(20)12-21-17/h3-8,11,16-17,21H,2,9-10,12H2,1H3/t16-,17-/m1/s1. The van der Waals surface area contributed by atoms with Crippen molar-refractivity contribution in [1.29, 1.82) is 0 Å². The number of rotatable bonds is 7. The van der Waals surface area contributed by atoms with Gasteiger partial charge in [-0.2, -0.15) is 0 Å². The average Bonchev–Trinajstić information content (AvgIpc) is 2.60. The topological polar surface area (TPSA) is 51.2 Å². The van der Waals surface area contributed by atoms with Crippen molar-refractivity contribution in [3.63, 3.8) is 0 Å². The van der Waals surface area contributed by atoms with Gasteiger partial charge in [-0.05, 0) is 30.5 Å². The molecule has 4 nitrogen and oxygen atoms in total. The van der Waals surface area contributed by atoms with Gasteiger partial charge in [0.05, 0.1) is 6.61 Å². The first kappa shape index (κ1) is 16.6. The zero-order chi connectivity index (χ0) is 16.9. The third-order valence-corrected chi connectivity index (χ3v) is 4.21. The van der Waals surface area contributed by atoms with E-state index in [1.54, 1.807) is 18.3 Å². The molecule has 24 heavy (non-hydrogen) atoms. The molecule has 1 aromatic heterocycles. The second-order valence-electron chi connectivity index (χ2n) is 5.97. The van der Waals surface area contributed by atoms with Crippen LogP contribution in [0.2, 0.25) is 0 Å². The summed E-state index contributed by atoms with van der Waals surface area (Å²) in [6.45, 7) is 2.89. The lowest BCUT2D eigenvalue weighted by Crippen LogP contribution is -2.55. The summed E-state index contributed by atoms with van der Waals surface area (Å²) in [5.41, 5.74) is 2.59. The summed E-state index contributed by atoms with van der Waals surface area (Å²) in [4.78, 5) is 16.4. The number of Topliss-reactive ketones (excluding diaryl/α,β-unsaturated/α-hetero) is 1. The van der Waals surface area contributed by atoms with Gasteiger partial charge >= 0.3 is 0 Å². The van der Waals surface area contributed by atoms with Crippen LogP contribution in [-0.4, -0.2) is 36.1 Å². The summed E-state index contributed by atoms with van der Waals surface area (Å²) < 4.78 is 18.5. The van der Waals surface area contributed by atoms with Crippen LogP contribution in [0, 0.1) is 0 Å². The molecule has 0 aliphatic carbocycles. The third-order valence-electron chi connectivity index (χ3n) is 4.21. The van der Waals surface area contributed by atoms with Crippen LogP contribution >= 0.6 is 0 Å². The van der Waals surface area contributed by atoms with Crippen molar-refractivity contribution in [2.45, 2.75) is 32.0 Å². The fraction of sp³-hybridized carbons (Fsp3) is 0.368. The summed E-state index contributed by atoms with van der Waals surface area (Å²) in [6, 6.07) is 11.2. The zero-order valence-corrected chi connectivity index (χ0v) is 13.7. The molecule has 1 aliphatic heterocycles. The largest absolute Gasteiger partial charge is 0.478 e. The molecule has 3 rings (SSSR count). The molecule has 5 heteroatoms. The highest BCUT2D eigenvalue weighted by Crippen LogP contribution is 2.16. The van der Waals surface area contributed by atoms with Crippen LogP contribution < -0.4 is 10.1 Å². The molecule has 2 aromatic rings. The van der Waals surface area contributed by atoms with Gasteiger partial charge in [0.2, 0.25) is 5.88 Å². The first-order valence-electron chi connectivity index (χ1n) is 8.23. The van der Waals surface area contributed by atoms with Crippen LogP contribution in [0.15, 0.2) is 42.6 Å². The molecule has 0 unspecified atom stereocenters. The maximum Gasteiger partial charge on any atom is 0.213 e. The Morgan fingerprint density at radius 3 is 2.54 bits per heavy atom. The monoisotopic (exact) mass is 328 g/mol. The number of carbonyl (C=O) groups is 1. The normalized spacial score (nSPS) is 19.6. The Morgan fingerprint density at radius 2 is 2.00 bits per heavy atom. The fourth-order valence-corrected chi connectivity index (χ4v) is 2.69. The van der Waals surface area contributed by atoms with E-state index in [2.05, 4.69) is 10.3 Å². The van der Waals surface area contributed by atoms with Gasteiger partial charge in [0.25, 0.3) is 0 Å². The van der Waals surface area contributed by atoms with E-state index in [1.807, 2.05) is 31.2 Å². The maximum absolute atomic E-state index is 13.3. The molecule has 1 aromatic carbocycles. The van der Waals surface area contributed by atoms with E-state index in [9.17, 15) is 9.18 Å². The molecular formula is C19H21FN2O2. The van der Waals surface area contributed by atoms with Gasteiger partial charge < -0.3 is 10.1 Å². The van der Waals surface area contributed by atoms with Gasteiger partial charge in [0.15, 0.2) is 5.78 Å². The average molecular weight is 328 g/mol. The number of alkyl halides is 1.